The lowest BCUT2D eigenvalue weighted by Gasteiger charge is -2.50. The van der Waals surface area contributed by atoms with Gasteiger partial charge in [0.1, 0.15) is 0 Å². The molecule has 0 heterocycles. The zero-order chi connectivity index (χ0) is 21.2. The van der Waals surface area contributed by atoms with Crippen LogP contribution in [0, 0.1) is 0 Å². The predicted octanol–water partition coefficient (Wildman–Crippen LogP) is 8.04. The fourth-order valence-corrected chi connectivity index (χ4v) is 7.86. The van der Waals surface area contributed by atoms with Crippen LogP contribution in [0.25, 0.3) is 0 Å². The van der Waals surface area contributed by atoms with Gasteiger partial charge in [0.25, 0.3) is 0 Å². The molecule has 29 heavy (non-hydrogen) atoms. The first-order valence-electron chi connectivity index (χ1n) is 9.84. The maximum absolute atomic E-state index is 11.0. The van der Waals surface area contributed by atoms with E-state index in [1.807, 2.05) is 12.1 Å². The Morgan fingerprint density at radius 2 is 1.41 bits per heavy atom. The number of benzene rings is 2. The van der Waals surface area contributed by atoms with Gasteiger partial charge in [0, 0.05) is 14.5 Å². The molecule has 0 fully saturated rings. The van der Waals surface area contributed by atoms with Crippen LogP contribution in [0.4, 0.5) is 0 Å². The molecule has 1 unspecified atom stereocenters. The highest BCUT2D eigenvalue weighted by molar-refractivity contribution is 8.31. The van der Waals surface area contributed by atoms with Crippen LogP contribution < -0.4 is 0 Å². The summed E-state index contributed by atoms with van der Waals surface area (Å²) in [5.74, 6) is -0.497. The van der Waals surface area contributed by atoms with Crippen molar-refractivity contribution in [2.24, 2.45) is 0 Å². The van der Waals surface area contributed by atoms with Crippen molar-refractivity contribution in [2.45, 2.75) is 66.8 Å². The molecular weight excluding hydrogens is 422 g/mol. The standard InChI is InChI=1S/C22H30O4P2S/c1-22(2,3)29(19-13-7-4-8-14-19,20-15-9-5-10-16-20)25-18-12-6-11-17-21(27-23)26-28-24/h4-5,7-10,13-16,21H,6,11-12,17-18H2,1-3H3. The van der Waals surface area contributed by atoms with Gasteiger partial charge in [-0.3, -0.25) is 9.09 Å². The van der Waals surface area contributed by atoms with Gasteiger partial charge in [-0.25, -0.2) is 4.57 Å². The summed E-state index contributed by atoms with van der Waals surface area (Å²) in [6.45, 7) is 7.40. The Bertz CT molecular complexity index is 711. The third-order valence-corrected chi connectivity index (χ3v) is 9.87. The maximum Gasteiger partial charge on any atom is 0.328 e. The maximum atomic E-state index is 11.0. The molecule has 0 aromatic heterocycles. The first kappa shape index (κ1) is 24.2. The lowest BCUT2D eigenvalue weighted by molar-refractivity contribution is 0.280. The van der Waals surface area contributed by atoms with Crippen molar-refractivity contribution < 1.29 is 17.8 Å². The Kier molecular flexibility index (Phi) is 9.95. The molecule has 2 aromatic carbocycles. The highest BCUT2D eigenvalue weighted by Crippen LogP contribution is 2.71. The fraction of sp³-hybridized carbons (Fsp3) is 0.455. The van der Waals surface area contributed by atoms with Gasteiger partial charge in [-0.2, -0.15) is 0 Å². The summed E-state index contributed by atoms with van der Waals surface area (Å²) in [7, 11) is -2.25. The van der Waals surface area contributed by atoms with Gasteiger partial charge in [-0.15, -0.1) is 0 Å². The van der Waals surface area contributed by atoms with E-state index < -0.39 is 24.8 Å². The van der Waals surface area contributed by atoms with Crippen molar-refractivity contribution >= 4 is 27.5 Å². The van der Waals surface area contributed by atoms with Crippen LogP contribution in [0.5, 0.6) is 0 Å². The molecule has 0 aliphatic carbocycles. The number of hydrogen-bond acceptors (Lipinski definition) is 4. The van der Waals surface area contributed by atoms with Gasteiger partial charge in [0.05, 0.1) is 6.61 Å². The van der Waals surface area contributed by atoms with E-state index in [0.29, 0.717) is 13.0 Å². The third-order valence-electron chi connectivity index (χ3n) is 4.65. The van der Waals surface area contributed by atoms with E-state index in [1.54, 1.807) is 0 Å². The molecule has 0 saturated heterocycles. The molecule has 0 bridgehead atoms. The third kappa shape index (κ3) is 6.44. The van der Waals surface area contributed by atoms with Crippen molar-refractivity contribution in [2.75, 3.05) is 6.61 Å². The summed E-state index contributed by atoms with van der Waals surface area (Å²) in [4.78, 5) is 2.46. The van der Waals surface area contributed by atoms with Crippen molar-refractivity contribution in [3.05, 3.63) is 60.7 Å². The lowest BCUT2D eigenvalue weighted by atomic mass is 10.2. The van der Waals surface area contributed by atoms with Crippen LogP contribution in [0.1, 0.15) is 46.5 Å². The summed E-state index contributed by atoms with van der Waals surface area (Å²) in [6, 6.07) is 21.1. The summed E-state index contributed by atoms with van der Waals surface area (Å²) < 4.78 is 33.1. The summed E-state index contributed by atoms with van der Waals surface area (Å²) in [6.07, 6.45) is 3.32. The molecule has 0 radical (unpaired) electrons. The second-order valence-electron chi connectivity index (χ2n) is 7.71. The summed E-state index contributed by atoms with van der Waals surface area (Å²) >= 11 is 0. The van der Waals surface area contributed by atoms with Crippen molar-refractivity contribution in [3.63, 3.8) is 0 Å². The zero-order valence-corrected chi connectivity index (χ0v) is 19.9. The van der Waals surface area contributed by atoms with E-state index in [4.69, 9.17) is 8.71 Å². The highest BCUT2D eigenvalue weighted by Gasteiger charge is 2.41. The van der Waals surface area contributed by atoms with E-state index >= 15 is 0 Å². The molecule has 2 rings (SSSR count). The first-order valence-corrected chi connectivity index (χ1v) is 13.0. The van der Waals surface area contributed by atoms with Gasteiger partial charge < -0.3 is 4.18 Å². The van der Waals surface area contributed by atoms with E-state index in [2.05, 4.69) is 69.3 Å². The lowest BCUT2D eigenvalue weighted by Crippen LogP contribution is -2.28. The predicted molar refractivity (Wildman–Crippen MR) is 121 cm³/mol. The smallest absolute Gasteiger partial charge is 0.328 e. The molecule has 0 amide bonds. The van der Waals surface area contributed by atoms with Crippen LogP contribution in [0.2, 0.25) is 0 Å². The molecular formula is C22H30O4P2S. The van der Waals surface area contributed by atoms with Gasteiger partial charge in [-0.1, -0.05) is 53.1 Å². The van der Waals surface area contributed by atoms with E-state index in [-0.39, 0.29) is 13.2 Å². The summed E-state index contributed by atoms with van der Waals surface area (Å²) in [5.41, 5.74) is 0. The van der Waals surface area contributed by atoms with Crippen LogP contribution >= 0.6 is 27.5 Å². The molecule has 4 nitrogen and oxygen atoms in total. The normalized spacial score (nSPS) is 14.2. The molecule has 0 saturated carbocycles. The minimum Gasteiger partial charge on any atom is -0.328 e. The van der Waals surface area contributed by atoms with Gasteiger partial charge >= 0.3 is 8.69 Å². The second-order valence-corrected chi connectivity index (χ2v) is 12.4. The molecule has 2 aromatic rings. The SMILES string of the molecule is CC(C)(C)S(OCCCCCC(OP=O)P=O)(c1ccccc1)c1ccccc1. The average molecular weight is 452 g/mol. The van der Waals surface area contributed by atoms with Crippen LogP contribution in [0.15, 0.2) is 70.5 Å². The van der Waals surface area contributed by atoms with E-state index in [9.17, 15) is 9.13 Å². The largest absolute Gasteiger partial charge is 0.328 e. The number of rotatable bonds is 12. The average Bonchev–Trinajstić information content (AvgIpc) is 2.73. The second kappa shape index (κ2) is 11.9. The molecule has 0 spiro atoms. The minimum absolute atomic E-state index is 0.0801. The zero-order valence-electron chi connectivity index (χ0n) is 17.3. The van der Waals surface area contributed by atoms with Gasteiger partial charge in [0.2, 0.25) is 0 Å². The Labute approximate surface area is 179 Å². The highest BCUT2D eigenvalue weighted by atomic mass is 32.3. The Morgan fingerprint density at radius 1 is 0.862 bits per heavy atom. The van der Waals surface area contributed by atoms with Gasteiger partial charge in [0.15, 0.2) is 14.3 Å². The van der Waals surface area contributed by atoms with Crippen molar-refractivity contribution in [1.29, 1.82) is 0 Å². The first-order chi connectivity index (χ1) is 14.0. The Hall–Kier alpha value is -1.09. The molecule has 1 atom stereocenters. The number of hydrogen-bond donors (Lipinski definition) is 0. The quantitative estimate of drug-likeness (QED) is 0.241. The summed E-state index contributed by atoms with van der Waals surface area (Å²) in [5, 5.41) is 0. The Morgan fingerprint density at radius 3 is 1.86 bits per heavy atom. The van der Waals surface area contributed by atoms with Crippen LogP contribution in [-0.4, -0.2) is 17.2 Å². The molecule has 0 N–H and O–H groups in total. The fourth-order valence-electron chi connectivity index (χ4n) is 3.34. The molecule has 0 aliphatic rings. The minimum atomic E-state index is -1.71. The van der Waals surface area contributed by atoms with Crippen molar-refractivity contribution in [3.8, 4) is 0 Å². The number of unbranched alkanes of at least 4 members (excludes halogenated alkanes) is 2. The Balaban J connectivity index is 2.13. The van der Waals surface area contributed by atoms with E-state index in [0.717, 1.165) is 19.3 Å². The van der Waals surface area contributed by atoms with Crippen LogP contribution in [0.3, 0.4) is 0 Å². The van der Waals surface area contributed by atoms with Crippen molar-refractivity contribution in [1.82, 2.24) is 0 Å². The monoisotopic (exact) mass is 452 g/mol. The molecule has 158 valence electrons. The van der Waals surface area contributed by atoms with Gasteiger partial charge in [-0.05, 0) is 64.3 Å². The molecule has 0 aliphatic heterocycles. The van der Waals surface area contributed by atoms with Crippen LogP contribution in [-0.2, 0) is 17.8 Å². The molecule has 7 heteroatoms. The topological polar surface area (TPSA) is 52.6 Å². The van der Waals surface area contributed by atoms with E-state index in [1.165, 1.54) is 9.79 Å².